The van der Waals surface area contributed by atoms with Crippen LogP contribution in [-0.4, -0.2) is 40.8 Å². The lowest BCUT2D eigenvalue weighted by Gasteiger charge is -2.20. The van der Waals surface area contributed by atoms with E-state index in [0.29, 0.717) is 0 Å². The van der Waals surface area contributed by atoms with Crippen LogP contribution in [0.5, 0.6) is 0 Å². The van der Waals surface area contributed by atoms with Crippen molar-refractivity contribution in [1.82, 2.24) is 19.3 Å². The molecule has 0 fully saturated rings. The number of halogens is 1. The van der Waals surface area contributed by atoms with E-state index in [9.17, 15) is 8.42 Å². The molecule has 0 aromatic carbocycles. The second-order valence-electron chi connectivity index (χ2n) is 3.42. The van der Waals surface area contributed by atoms with Crippen LogP contribution in [0.4, 0.5) is 0 Å². The van der Waals surface area contributed by atoms with E-state index in [1.807, 2.05) is 0 Å². The van der Waals surface area contributed by atoms with Gasteiger partial charge >= 0.3 is 0 Å². The monoisotopic (exact) mass is 296 g/mol. The SMILES string of the molecule is CC(C)N(C)S(=O)(=O)c1c(Br)nnn1C. The zero-order valence-electron chi connectivity index (χ0n) is 8.97. The lowest BCUT2D eigenvalue weighted by atomic mass is 10.4. The maximum atomic E-state index is 12.1. The van der Waals surface area contributed by atoms with Gasteiger partial charge in [-0.15, -0.1) is 5.10 Å². The molecule has 86 valence electrons. The van der Waals surface area contributed by atoms with Crippen molar-refractivity contribution in [3.05, 3.63) is 4.60 Å². The molecule has 0 amide bonds. The molecule has 0 aliphatic carbocycles. The molecule has 15 heavy (non-hydrogen) atoms. The Bertz CT molecular complexity index is 434. The van der Waals surface area contributed by atoms with E-state index in [2.05, 4.69) is 26.2 Å². The van der Waals surface area contributed by atoms with Crippen LogP contribution in [0.25, 0.3) is 0 Å². The van der Waals surface area contributed by atoms with Crippen molar-refractivity contribution in [2.24, 2.45) is 7.05 Å². The predicted molar refractivity (Wildman–Crippen MR) is 58.8 cm³/mol. The van der Waals surface area contributed by atoms with Gasteiger partial charge in [0.15, 0.2) is 4.60 Å². The van der Waals surface area contributed by atoms with E-state index in [0.717, 1.165) is 0 Å². The summed E-state index contributed by atoms with van der Waals surface area (Å²) in [7, 11) is -0.464. The molecule has 0 spiro atoms. The normalized spacial score (nSPS) is 12.7. The lowest BCUT2D eigenvalue weighted by Crippen LogP contribution is -2.34. The van der Waals surface area contributed by atoms with Crippen molar-refractivity contribution < 1.29 is 8.42 Å². The van der Waals surface area contributed by atoms with E-state index < -0.39 is 10.0 Å². The molecular weight excluding hydrogens is 284 g/mol. The van der Waals surface area contributed by atoms with Gasteiger partial charge < -0.3 is 0 Å². The molecule has 0 aliphatic heterocycles. The number of rotatable bonds is 3. The third-order valence-electron chi connectivity index (χ3n) is 2.09. The van der Waals surface area contributed by atoms with Crippen LogP contribution in [0.2, 0.25) is 0 Å². The molecule has 0 unspecified atom stereocenters. The highest BCUT2D eigenvalue weighted by Crippen LogP contribution is 2.22. The van der Waals surface area contributed by atoms with Crippen LogP contribution in [-0.2, 0) is 17.1 Å². The molecule has 0 atom stereocenters. The van der Waals surface area contributed by atoms with Gasteiger partial charge in [-0.05, 0) is 29.8 Å². The number of hydrogen-bond acceptors (Lipinski definition) is 4. The Morgan fingerprint density at radius 3 is 2.33 bits per heavy atom. The first-order valence-electron chi connectivity index (χ1n) is 4.31. The number of hydrogen-bond donors (Lipinski definition) is 0. The molecule has 1 heterocycles. The van der Waals surface area contributed by atoms with Crippen molar-refractivity contribution in [3.63, 3.8) is 0 Å². The minimum absolute atomic E-state index is 0.0682. The van der Waals surface area contributed by atoms with E-state index in [-0.39, 0.29) is 15.7 Å². The highest BCUT2D eigenvalue weighted by molar-refractivity contribution is 9.10. The third-order valence-corrected chi connectivity index (χ3v) is 5.01. The van der Waals surface area contributed by atoms with Crippen molar-refractivity contribution in [1.29, 1.82) is 0 Å². The van der Waals surface area contributed by atoms with Crippen LogP contribution in [0.1, 0.15) is 13.8 Å². The second kappa shape index (κ2) is 4.18. The Morgan fingerprint density at radius 1 is 1.47 bits per heavy atom. The first-order valence-corrected chi connectivity index (χ1v) is 6.55. The molecule has 1 aromatic heterocycles. The summed E-state index contributed by atoms with van der Waals surface area (Å²) in [6.07, 6.45) is 0. The molecule has 8 heteroatoms. The van der Waals surface area contributed by atoms with Crippen molar-refractivity contribution in [2.75, 3.05) is 7.05 Å². The van der Waals surface area contributed by atoms with Crippen LogP contribution in [0.3, 0.4) is 0 Å². The fraction of sp³-hybridized carbons (Fsp3) is 0.714. The summed E-state index contributed by atoms with van der Waals surface area (Å²) in [4.78, 5) is 0. The first-order chi connectivity index (χ1) is 6.78. The highest BCUT2D eigenvalue weighted by Gasteiger charge is 2.29. The number of sulfonamides is 1. The van der Waals surface area contributed by atoms with Crippen molar-refractivity contribution >= 4 is 26.0 Å². The minimum atomic E-state index is -3.53. The number of nitrogens with zero attached hydrogens (tertiary/aromatic N) is 4. The summed E-state index contributed by atoms with van der Waals surface area (Å²) in [5.41, 5.74) is 0. The van der Waals surface area contributed by atoms with Crippen LogP contribution < -0.4 is 0 Å². The summed E-state index contributed by atoms with van der Waals surface area (Å²) in [5.74, 6) is 0. The first kappa shape index (κ1) is 12.6. The zero-order chi connectivity index (χ0) is 11.8. The summed E-state index contributed by atoms with van der Waals surface area (Å²) in [6, 6.07) is -0.114. The second-order valence-corrected chi connectivity index (χ2v) is 6.09. The van der Waals surface area contributed by atoms with Gasteiger partial charge in [0.1, 0.15) is 0 Å². The Labute approximate surface area is 97.4 Å². The Kier molecular flexibility index (Phi) is 3.51. The van der Waals surface area contributed by atoms with Crippen LogP contribution >= 0.6 is 15.9 Å². The number of aryl methyl sites for hydroxylation is 1. The minimum Gasteiger partial charge on any atom is -0.235 e. The lowest BCUT2D eigenvalue weighted by molar-refractivity contribution is 0.404. The third kappa shape index (κ3) is 2.21. The molecule has 0 N–H and O–H groups in total. The van der Waals surface area contributed by atoms with Crippen molar-refractivity contribution in [2.45, 2.75) is 24.9 Å². The molecule has 0 radical (unpaired) electrons. The Hall–Kier alpha value is -0.470. The molecule has 0 bridgehead atoms. The van der Waals surface area contributed by atoms with Gasteiger partial charge in [-0.2, -0.15) is 4.31 Å². The topological polar surface area (TPSA) is 68.1 Å². The fourth-order valence-corrected chi connectivity index (χ4v) is 3.40. The van der Waals surface area contributed by atoms with E-state index in [1.54, 1.807) is 20.9 Å². The fourth-order valence-electron chi connectivity index (χ4n) is 1.01. The predicted octanol–water partition coefficient (Wildman–Crippen LogP) is 0.607. The molecule has 1 aromatic rings. The molecule has 0 aliphatic rings. The van der Waals surface area contributed by atoms with E-state index in [4.69, 9.17) is 0 Å². The van der Waals surface area contributed by atoms with E-state index in [1.165, 1.54) is 16.0 Å². The molecular formula is C7H13BrN4O2S. The Balaban J connectivity index is 3.29. The maximum Gasteiger partial charge on any atom is 0.263 e. The van der Waals surface area contributed by atoms with Crippen molar-refractivity contribution in [3.8, 4) is 0 Å². The van der Waals surface area contributed by atoms with Gasteiger partial charge in [-0.3, -0.25) is 0 Å². The summed E-state index contributed by atoms with van der Waals surface area (Å²) < 4.78 is 26.9. The molecule has 1 rings (SSSR count). The zero-order valence-corrected chi connectivity index (χ0v) is 11.4. The molecule has 6 nitrogen and oxygen atoms in total. The largest absolute Gasteiger partial charge is 0.263 e. The van der Waals surface area contributed by atoms with Gasteiger partial charge in [0.2, 0.25) is 5.03 Å². The van der Waals surface area contributed by atoms with Gasteiger partial charge in [0.25, 0.3) is 10.0 Å². The van der Waals surface area contributed by atoms with Gasteiger partial charge in [-0.1, -0.05) is 5.21 Å². The smallest absolute Gasteiger partial charge is 0.235 e. The number of aromatic nitrogens is 3. The standard InChI is InChI=1S/C7H13BrN4O2S/c1-5(2)12(4)15(13,14)7-6(8)9-10-11(7)3/h5H,1-4H3. The average molecular weight is 297 g/mol. The van der Waals surface area contributed by atoms with Gasteiger partial charge in [0.05, 0.1) is 0 Å². The highest BCUT2D eigenvalue weighted by atomic mass is 79.9. The average Bonchev–Trinajstić information content (AvgIpc) is 2.44. The van der Waals surface area contributed by atoms with Crippen LogP contribution in [0.15, 0.2) is 9.63 Å². The van der Waals surface area contributed by atoms with Crippen LogP contribution in [0, 0.1) is 0 Å². The molecule has 0 saturated carbocycles. The summed E-state index contributed by atoms with van der Waals surface area (Å²) in [5, 5.41) is 7.35. The summed E-state index contributed by atoms with van der Waals surface area (Å²) in [6.45, 7) is 3.60. The van der Waals surface area contributed by atoms with Gasteiger partial charge in [-0.25, -0.2) is 13.1 Å². The maximum absolute atomic E-state index is 12.1. The van der Waals surface area contributed by atoms with Gasteiger partial charge in [0, 0.05) is 20.1 Å². The quantitative estimate of drug-likeness (QED) is 0.819. The Morgan fingerprint density at radius 2 is 2.00 bits per heavy atom. The van der Waals surface area contributed by atoms with E-state index >= 15 is 0 Å². The molecule has 0 saturated heterocycles. The summed E-state index contributed by atoms with van der Waals surface area (Å²) >= 11 is 3.07.